The molecule has 0 aromatic rings. The molecule has 0 spiro atoms. The van der Waals surface area contributed by atoms with Crippen molar-refractivity contribution in [2.75, 3.05) is 25.4 Å². The summed E-state index contributed by atoms with van der Waals surface area (Å²) in [7, 11) is -3.94. The van der Waals surface area contributed by atoms with Crippen molar-refractivity contribution in [1.82, 2.24) is 5.32 Å². The normalized spacial score (nSPS) is 14.6. The predicted molar refractivity (Wildman–Crippen MR) is 42.4 cm³/mol. The number of aliphatic hydroxyl groups is 2. The Morgan fingerprint density at radius 1 is 1.42 bits per heavy atom. The monoisotopic (exact) mass is 199 g/mol. The van der Waals surface area contributed by atoms with Crippen molar-refractivity contribution in [3.05, 3.63) is 0 Å². The van der Waals surface area contributed by atoms with Gasteiger partial charge >= 0.3 is 0 Å². The van der Waals surface area contributed by atoms with Crippen molar-refractivity contribution >= 4 is 10.1 Å². The molecule has 0 saturated heterocycles. The Morgan fingerprint density at radius 3 is 2.42 bits per heavy atom. The zero-order valence-electron chi connectivity index (χ0n) is 6.47. The second kappa shape index (κ2) is 5.44. The molecule has 0 aliphatic rings. The summed E-state index contributed by atoms with van der Waals surface area (Å²) in [5, 5.41) is 19.6. The van der Waals surface area contributed by atoms with Gasteiger partial charge < -0.3 is 15.5 Å². The Bertz CT molecular complexity index is 202. The van der Waals surface area contributed by atoms with Crippen molar-refractivity contribution in [2.45, 2.75) is 6.10 Å². The molecule has 0 fully saturated rings. The highest BCUT2D eigenvalue weighted by Gasteiger charge is 2.04. The van der Waals surface area contributed by atoms with Crippen LogP contribution in [0, 0.1) is 0 Å². The van der Waals surface area contributed by atoms with Crippen LogP contribution in [0.5, 0.6) is 0 Å². The molecule has 0 rings (SSSR count). The minimum absolute atomic E-state index is 0.0515. The Kier molecular flexibility index (Phi) is 5.34. The quantitative estimate of drug-likeness (QED) is 0.286. The molecule has 0 heterocycles. The van der Waals surface area contributed by atoms with E-state index in [-0.39, 0.29) is 19.7 Å². The predicted octanol–water partition coefficient (Wildman–Crippen LogP) is -2.18. The zero-order valence-corrected chi connectivity index (χ0v) is 7.29. The van der Waals surface area contributed by atoms with Gasteiger partial charge in [0, 0.05) is 13.1 Å². The van der Waals surface area contributed by atoms with Crippen LogP contribution in [0.3, 0.4) is 0 Å². The summed E-state index contributed by atoms with van der Waals surface area (Å²) in [4.78, 5) is 0. The van der Waals surface area contributed by atoms with Gasteiger partial charge in [0.15, 0.2) is 0 Å². The van der Waals surface area contributed by atoms with Crippen LogP contribution in [-0.4, -0.2) is 54.7 Å². The maximum Gasteiger partial charge on any atom is 0.266 e. The molecule has 74 valence electrons. The summed E-state index contributed by atoms with van der Waals surface area (Å²) in [6.07, 6.45) is -0.897. The molecule has 12 heavy (non-hydrogen) atoms. The van der Waals surface area contributed by atoms with Crippen LogP contribution in [0.4, 0.5) is 0 Å². The molecule has 0 aromatic carbocycles. The van der Waals surface area contributed by atoms with E-state index in [1.54, 1.807) is 0 Å². The minimum atomic E-state index is -3.94. The van der Waals surface area contributed by atoms with Crippen LogP contribution in [0.15, 0.2) is 0 Å². The lowest BCUT2D eigenvalue weighted by Gasteiger charge is -2.07. The molecule has 1 atom stereocenters. The first-order chi connectivity index (χ1) is 5.45. The highest BCUT2D eigenvalue weighted by Crippen LogP contribution is 1.80. The van der Waals surface area contributed by atoms with E-state index in [2.05, 4.69) is 5.32 Å². The summed E-state index contributed by atoms with van der Waals surface area (Å²) >= 11 is 0. The van der Waals surface area contributed by atoms with Gasteiger partial charge in [0.2, 0.25) is 0 Å². The van der Waals surface area contributed by atoms with E-state index in [1.807, 2.05) is 0 Å². The maximum atomic E-state index is 10.1. The van der Waals surface area contributed by atoms with E-state index < -0.39 is 22.0 Å². The van der Waals surface area contributed by atoms with E-state index in [0.717, 1.165) is 0 Å². The Hall–Kier alpha value is -0.210. The van der Waals surface area contributed by atoms with Gasteiger partial charge in [-0.25, -0.2) is 0 Å². The molecule has 6 nitrogen and oxygen atoms in total. The molecule has 0 unspecified atom stereocenters. The molecule has 0 amide bonds. The first-order valence-electron chi connectivity index (χ1n) is 3.40. The summed E-state index contributed by atoms with van der Waals surface area (Å²) in [5.41, 5.74) is 0. The van der Waals surface area contributed by atoms with Crippen LogP contribution in [-0.2, 0) is 10.1 Å². The highest BCUT2D eigenvalue weighted by molar-refractivity contribution is 7.85. The molecule has 0 aliphatic heterocycles. The van der Waals surface area contributed by atoms with Gasteiger partial charge in [-0.2, -0.15) is 8.42 Å². The first-order valence-corrected chi connectivity index (χ1v) is 5.01. The second-order valence-corrected chi connectivity index (χ2v) is 3.90. The average molecular weight is 199 g/mol. The maximum absolute atomic E-state index is 10.1. The van der Waals surface area contributed by atoms with Gasteiger partial charge in [-0.3, -0.25) is 4.55 Å². The molecular formula is C5H13NO5S. The smallest absolute Gasteiger partial charge is 0.266 e. The van der Waals surface area contributed by atoms with Crippen molar-refractivity contribution < 1.29 is 23.2 Å². The fourth-order valence-corrected chi connectivity index (χ4v) is 0.937. The van der Waals surface area contributed by atoms with Gasteiger partial charge in [0.05, 0.1) is 18.5 Å². The third-order valence-electron chi connectivity index (χ3n) is 1.13. The lowest BCUT2D eigenvalue weighted by atomic mass is 10.4. The SMILES string of the molecule is O=S(=O)(O)CCNC[C@H](O)CO. The molecule has 7 heteroatoms. The van der Waals surface area contributed by atoms with Crippen LogP contribution in [0.1, 0.15) is 0 Å². The van der Waals surface area contributed by atoms with E-state index in [4.69, 9.17) is 14.8 Å². The molecule has 0 aromatic heterocycles. The highest BCUT2D eigenvalue weighted by atomic mass is 32.2. The second-order valence-electron chi connectivity index (χ2n) is 2.33. The molecule has 4 N–H and O–H groups in total. The van der Waals surface area contributed by atoms with Crippen LogP contribution in [0.25, 0.3) is 0 Å². The van der Waals surface area contributed by atoms with Crippen molar-refractivity contribution in [2.24, 2.45) is 0 Å². The summed E-state index contributed by atoms with van der Waals surface area (Å²) in [5.74, 6) is -0.398. The molecule has 0 aliphatic carbocycles. The van der Waals surface area contributed by atoms with E-state index in [0.29, 0.717) is 0 Å². The molecular weight excluding hydrogens is 186 g/mol. The first kappa shape index (κ1) is 11.8. The van der Waals surface area contributed by atoms with E-state index >= 15 is 0 Å². The van der Waals surface area contributed by atoms with Crippen molar-refractivity contribution in [3.63, 3.8) is 0 Å². The fourth-order valence-electron chi connectivity index (χ4n) is 0.534. The summed E-state index contributed by atoms with van der Waals surface area (Å²) in [6, 6.07) is 0. The summed E-state index contributed by atoms with van der Waals surface area (Å²) in [6.45, 7) is -0.221. The van der Waals surface area contributed by atoms with E-state index in [1.165, 1.54) is 0 Å². The summed E-state index contributed by atoms with van der Waals surface area (Å²) < 4.78 is 28.6. The standard InChI is InChI=1S/C5H13NO5S/c7-4-5(8)3-6-1-2-12(9,10)11/h5-8H,1-4H2,(H,9,10,11)/t5-/m0/s1. The molecule has 0 radical (unpaired) electrons. The largest absolute Gasteiger partial charge is 0.394 e. The Balaban J connectivity index is 3.34. The number of hydrogen-bond donors (Lipinski definition) is 4. The van der Waals surface area contributed by atoms with Gasteiger partial charge in [0.25, 0.3) is 10.1 Å². The lowest BCUT2D eigenvalue weighted by Crippen LogP contribution is -2.32. The van der Waals surface area contributed by atoms with Gasteiger partial charge in [-0.15, -0.1) is 0 Å². The van der Waals surface area contributed by atoms with Crippen LogP contribution >= 0.6 is 0 Å². The minimum Gasteiger partial charge on any atom is -0.394 e. The zero-order chi connectivity index (χ0) is 9.61. The third kappa shape index (κ3) is 7.89. The fraction of sp³-hybridized carbons (Fsp3) is 1.00. The van der Waals surface area contributed by atoms with Gasteiger partial charge in [-0.1, -0.05) is 0 Å². The average Bonchev–Trinajstić information content (AvgIpc) is 1.96. The van der Waals surface area contributed by atoms with Crippen molar-refractivity contribution in [3.8, 4) is 0 Å². The van der Waals surface area contributed by atoms with Crippen molar-refractivity contribution in [1.29, 1.82) is 0 Å². The number of nitrogens with one attached hydrogen (secondary N) is 1. The topological polar surface area (TPSA) is 107 Å². The van der Waals surface area contributed by atoms with E-state index in [9.17, 15) is 8.42 Å². The van der Waals surface area contributed by atoms with Gasteiger partial charge in [0.1, 0.15) is 0 Å². The number of rotatable bonds is 6. The Labute approximate surface area is 71.0 Å². The van der Waals surface area contributed by atoms with Crippen LogP contribution < -0.4 is 5.32 Å². The lowest BCUT2D eigenvalue weighted by molar-refractivity contribution is 0.0950. The molecule has 0 saturated carbocycles. The third-order valence-corrected chi connectivity index (χ3v) is 1.85. The Morgan fingerprint density at radius 2 is 2.00 bits per heavy atom. The molecule has 0 bridgehead atoms. The van der Waals surface area contributed by atoms with Crippen LogP contribution in [0.2, 0.25) is 0 Å². The number of aliphatic hydroxyl groups excluding tert-OH is 2. The van der Waals surface area contributed by atoms with Gasteiger partial charge in [-0.05, 0) is 0 Å². The number of hydrogen-bond acceptors (Lipinski definition) is 5.